The van der Waals surface area contributed by atoms with E-state index in [9.17, 15) is 0 Å². The quantitative estimate of drug-likeness (QED) is 0.865. The minimum Gasteiger partial charge on any atom is -0.383 e. The predicted molar refractivity (Wildman–Crippen MR) is 76.2 cm³/mol. The molecule has 1 aliphatic rings. The Morgan fingerprint density at radius 1 is 1.28 bits per heavy atom. The third kappa shape index (κ3) is 3.72. The van der Waals surface area contributed by atoms with E-state index in [4.69, 9.17) is 4.74 Å². The lowest BCUT2D eigenvalue weighted by molar-refractivity contribution is 0.163. The lowest BCUT2D eigenvalue weighted by Crippen LogP contribution is -2.46. The number of para-hydroxylation sites is 1. The topological polar surface area (TPSA) is 24.5 Å². The van der Waals surface area contributed by atoms with Gasteiger partial charge in [-0.1, -0.05) is 18.2 Å². The van der Waals surface area contributed by atoms with Crippen LogP contribution in [0.2, 0.25) is 0 Å². The average molecular weight is 248 g/mol. The summed E-state index contributed by atoms with van der Waals surface area (Å²) >= 11 is 0. The summed E-state index contributed by atoms with van der Waals surface area (Å²) in [5.74, 6) is 0. The van der Waals surface area contributed by atoms with Crippen LogP contribution in [-0.4, -0.2) is 38.9 Å². The molecule has 1 saturated heterocycles. The van der Waals surface area contributed by atoms with E-state index in [1.54, 1.807) is 7.11 Å². The third-order valence-electron chi connectivity index (χ3n) is 3.55. The molecule has 1 unspecified atom stereocenters. The van der Waals surface area contributed by atoms with Crippen molar-refractivity contribution in [3.8, 4) is 0 Å². The summed E-state index contributed by atoms with van der Waals surface area (Å²) < 4.78 is 5.16. The fourth-order valence-electron chi connectivity index (χ4n) is 2.64. The van der Waals surface area contributed by atoms with Crippen LogP contribution in [0, 0.1) is 0 Å². The van der Waals surface area contributed by atoms with Gasteiger partial charge in [0.2, 0.25) is 0 Å². The first kappa shape index (κ1) is 13.4. The first-order chi connectivity index (χ1) is 8.79. The van der Waals surface area contributed by atoms with Crippen LogP contribution in [0.3, 0.4) is 0 Å². The molecule has 1 heterocycles. The van der Waals surface area contributed by atoms with Crippen LogP contribution in [0.5, 0.6) is 0 Å². The second-order valence-corrected chi connectivity index (χ2v) is 5.12. The minimum atomic E-state index is 0.447. The van der Waals surface area contributed by atoms with E-state index in [0.29, 0.717) is 12.1 Å². The summed E-state index contributed by atoms with van der Waals surface area (Å²) in [5, 5.41) is 3.64. The van der Waals surface area contributed by atoms with Gasteiger partial charge in [-0.2, -0.15) is 0 Å². The van der Waals surface area contributed by atoms with Crippen LogP contribution >= 0.6 is 0 Å². The zero-order chi connectivity index (χ0) is 12.8. The van der Waals surface area contributed by atoms with Gasteiger partial charge in [-0.3, -0.25) is 0 Å². The number of nitrogens with zero attached hydrogens (tertiary/aromatic N) is 1. The summed E-state index contributed by atoms with van der Waals surface area (Å²) in [4.78, 5) is 2.47. The molecule has 3 heteroatoms. The molecule has 0 radical (unpaired) electrons. The molecule has 3 nitrogen and oxygen atoms in total. The summed E-state index contributed by atoms with van der Waals surface area (Å²) in [7, 11) is 1.76. The SMILES string of the molecule is COCC(C)NC1CCN(c2ccccc2)CC1. The van der Waals surface area contributed by atoms with Crippen molar-refractivity contribution in [3.63, 3.8) is 0 Å². The molecule has 0 spiro atoms. The average Bonchev–Trinajstić information content (AvgIpc) is 2.41. The summed E-state index contributed by atoms with van der Waals surface area (Å²) in [6, 6.07) is 11.8. The van der Waals surface area contributed by atoms with Gasteiger partial charge in [-0.15, -0.1) is 0 Å². The maximum absolute atomic E-state index is 5.16. The van der Waals surface area contributed by atoms with Crippen molar-refractivity contribution in [1.29, 1.82) is 0 Å². The van der Waals surface area contributed by atoms with E-state index in [0.717, 1.165) is 19.7 Å². The first-order valence-electron chi connectivity index (χ1n) is 6.84. The minimum absolute atomic E-state index is 0.447. The molecule has 1 aromatic rings. The number of hydrogen-bond donors (Lipinski definition) is 1. The number of anilines is 1. The summed E-state index contributed by atoms with van der Waals surface area (Å²) in [5.41, 5.74) is 1.35. The van der Waals surface area contributed by atoms with E-state index in [2.05, 4.69) is 47.5 Å². The van der Waals surface area contributed by atoms with Crippen molar-refractivity contribution in [2.45, 2.75) is 31.8 Å². The van der Waals surface area contributed by atoms with Gasteiger partial charge < -0.3 is 15.0 Å². The largest absolute Gasteiger partial charge is 0.383 e. The highest BCUT2D eigenvalue weighted by molar-refractivity contribution is 5.46. The second-order valence-electron chi connectivity index (χ2n) is 5.12. The van der Waals surface area contributed by atoms with Crippen LogP contribution in [0.25, 0.3) is 0 Å². The van der Waals surface area contributed by atoms with Crippen LogP contribution in [-0.2, 0) is 4.74 Å². The Morgan fingerprint density at radius 2 is 1.94 bits per heavy atom. The Hall–Kier alpha value is -1.06. The van der Waals surface area contributed by atoms with Gasteiger partial charge in [0.05, 0.1) is 6.61 Å². The maximum atomic E-state index is 5.16. The number of rotatable bonds is 5. The molecule has 0 aliphatic carbocycles. The monoisotopic (exact) mass is 248 g/mol. The van der Waals surface area contributed by atoms with Crippen molar-refractivity contribution in [2.24, 2.45) is 0 Å². The number of nitrogens with one attached hydrogen (secondary N) is 1. The van der Waals surface area contributed by atoms with Gasteiger partial charge in [-0.25, -0.2) is 0 Å². The van der Waals surface area contributed by atoms with E-state index in [1.807, 2.05) is 0 Å². The van der Waals surface area contributed by atoms with Crippen LogP contribution in [0.4, 0.5) is 5.69 Å². The number of benzene rings is 1. The Morgan fingerprint density at radius 3 is 2.56 bits per heavy atom. The molecular weight excluding hydrogens is 224 g/mol. The summed E-state index contributed by atoms with van der Waals surface area (Å²) in [6.07, 6.45) is 2.42. The van der Waals surface area contributed by atoms with Gasteiger partial charge >= 0.3 is 0 Å². The standard InChI is InChI=1S/C15H24N2O/c1-13(12-18-2)16-14-8-10-17(11-9-14)15-6-4-3-5-7-15/h3-7,13-14,16H,8-12H2,1-2H3. The van der Waals surface area contributed by atoms with Gasteiger partial charge in [0.25, 0.3) is 0 Å². The Bertz CT molecular complexity index is 334. The van der Waals surface area contributed by atoms with E-state index in [-0.39, 0.29) is 0 Å². The fraction of sp³-hybridized carbons (Fsp3) is 0.600. The number of methoxy groups -OCH3 is 1. The predicted octanol–water partition coefficient (Wildman–Crippen LogP) is 2.28. The Balaban J connectivity index is 1.78. The van der Waals surface area contributed by atoms with Crippen molar-refractivity contribution >= 4 is 5.69 Å². The van der Waals surface area contributed by atoms with Crippen molar-refractivity contribution < 1.29 is 4.74 Å². The highest BCUT2D eigenvalue weighted by atomic mass is 16.5. The Kier molecular flexibility index (Phi) is 5.02. The van der Waals surface area contributed by atoms with Crippen LogP contribution in [0.1, 0.15) is 19.8 Å². The molecule has 0 bridgehead atoms. The Labute approximate surface area is 110 Å². The molecule has 1 N–H and O–H groups in total. The van der Waals surface area contributed by atoms with Crippen LogP contribution < -0.4 is 10.2 Å². The maximum Gasteiger partial charge on any atom is 0.0613 e. The molecule has 1 fully saturated rings. The smallest absolute Gasteiger partial charge is 0.0613 e. The van der Waals surface area contributed by atoms with Crippen molar-refractivity contribution in [3.05, 3.63) is 30.3 Å². The molecular formula is C15H24N2O. The fourth-order valence-corrected chi connectivity index (χ4v) is 2.64. The molecule has 100 valence electrons. The third-order valence-corrected chi connectivity index (χ3v) is 3.55. The van der Waals surface area contributed by atoms with Gasteiger partial charge in [0, 0.05) is 38.0 Å². The number of ether oxygens (including phenoxy) is 1. The molecule has 0 saturated carbocycles. The summed E-state index contributed by atoms with van der Waals surface area (Å²) in [6.45, 7) is 5.26. The molecule has 2 rings (SSSR count). The molecule has 1 atom stereocenters. The highest BCUT2D eigenvalue weighted by Crippen LogP contribution is 2.19. The molecule has 1 aromatic carbocycles. The van der Waals surface area contributed by atoms with E-state index < -0.39 is 0 Å². The number of hydrogen-bond acceptors (Lipinski definition) is 3. The molecule has 0 aromatic heterocycles. The van der Waals surface area contributed by atoms with Crippen LogP contribution in [0.15, 0.2) is 30.3 Å². The number of piperidine rings is 1. The zero-order valence-corrected chi connectivity index (χ0v) is 11.4. The molecule has 0 amide bonds. The first-order valence-corrected chi connectivity index (χ1v) is 6.84. The lowest BCUT2D eigenvalue weighted by Gasteiger charge is -2.35. The van der Waals surface area contributed by atoms with Gasteiger partial charge in [-0.05, 0) is 31.9 Å². The van der Waals surface area contributed by atoms with Crippen molar-refractivity contribution in [1.82, 2.24) is 5.32 Å². The highest BCUT2D eigenvalue weighted by Gasteiger charge is 2.20. The lowest BCUT2D eigenvalue weighted by atomic mass is 10.0. The van der Waals surface area contributed by atoms with E-state index in [1.165, 1.54) is 18.5 Å². The van der Waals surface area contributed by atoms with Crippen molar-refractivity contribution in [2.75, 3.05) is 31.7 Å². The normalized spacial score (nSPS) is 18.9. The van der Waals surface area contributed by atoms with Gasteiger partial charge in [0.15, 0.2) is 0 Å². The van der Waals surface area contributed by atoms with Gasteiger partial charge in [0.1, 0.15) is 0 Å². The molecule has 1 aliphatic heterocycles. The second kappa shape index (κ2) is 6.76. The zero-order valence-electron chi connectivity index (χ0n) is 11.4. The molecule has 18 heavy (non-hydrogen) atoms. The van der Waals surface area contributed by atoms with E-state index >= 15 is 0 Å².